The lowest BCUT2D eigenvalue weighted by atomic mass is 10.5. The Kier molecular flexibility index (Phi) is 2.30. The third kappa shape index (κ3) is 1.97. The number of rotatable bonds is 1. The molecule has 0 unspecified atom stereocenters. The van der Waals surface area contributed by atoms with Gasteiger partial charge in [-0.2, -0.15) is 18.2 Å². The van der Waals surface area contributed by atoms with Crippen molar-refractivity contribution in [2.24, 2.45) is 0 Å². The first kappa shape index (κ1) is 10.5. The Labute approximate surface area is 87.3 Å². The zero-order valence-corrected chi connectivity index (χ0v) is 7.73. The largest absolute Gasteiger partial charge is 0.491 e. The Hall–Kier alpha value is -2.05. The minimum atomic E-state index is -5.02. The highest BCUT2D eigenvalue weighted by Crippen LogP contribution is 2.19. The van der Waals surface area contributed by atoms with Crippen molar-refractivity contribution in [1.29, 1.82) is 0 Å². The number of alkyl halides is 3. The molecule has 2 aromatic heterocycles. The number of pyridine rings is 1. The number of hydrogen-bond acceptors (Lipinski definition) is 3. The van der Waals surface area contributed by atoms with Crippen molar-refractivity contribution in [1.82, 2.24) is 9.38 Å². The maximum atomic E-state index is 11.9. The number of ether oxygens (including phenoxy) is 1. The first-order valence-electron chi connectivity index (χ1n) is 4.19. The molecule has 2 rings (SSSR count). The van der Waals surface area contributed by atoms with E-state index in [1.54, 1.807) is 24.4 Å². The third-order valence-electron chi connectivity index (χ3n) is 1.77. The highest BCUT2D eigenvalue weighted by molar-refractivity contribution is 5.77. The minimum absolute atomic E-state index is 0.381. The van der Waals surface area contributed by atoms with Gasteiger partial charge in [0.25, 0.3) is 0 Å². The number of imidazole rings is 1. The van der Waals surface area contributed by atoms with E-state index in [1.165, 1.54) is 10.6 Å². The van der Waals surface area contributed by atoms with E-state index in [4.69, 9.17) is 0 Å². The van der Waals surface area contributed by atoms with Gasteiger partial charge in [0, 0.05) is 6.20 Å². The van der Waals surface area contributed by atoms with E-state index in [1.807, 2.05) is 0 Å². The average molecular weight is 230 g/mol. The molecule has 0 radical (unpaired) electrons. The Bertz CT molecular complexity index is 500. The van der Waals surface area contributed by atoms with E-state index in [2.05, 4.69) is 9.72 Å². The molecule has 0 saturated carbocycles. The third-order valence-corrected chi connectivity index (χ3v) is 1.77. The second kappa shape index (κ2) is 3.51. The second-order valence-corrected chi connectivity index (χ2v) is 2.93. The number of carbonyl (C=O) groups excluding carboxylic acids is 1. The van der Waals surface area contributed by atoms with Gasteiger partial charge in [0.15, 0.2) is 0 Å². The standard InChI is InChI=1S/C9H5F3N2O2/c10-9(11,12)8(15)16-7-5-14-4-2-1-3-6(14)13-7/h1-5H. The van der Waals surface area contributed by atoms with Crippen LogP contribution in [-0.2, 0) is 4.79 Å². The molecule has 7 heteroatoms. The Morgan fingerprint density at radius 1 is 1.38 bits per heavy atom. The molecule has 84 valence electrons. The van der Waals surface area contributed by atoms with Gasteiger partial charge in [0.05, 0.1) is 6.20 Å². The van der Waals surface area contributed by atoms with Gasteiger partial charge in [-0.05, 0) is 12.1 Å². The molecule has 0 aliphatic rings. The van der Waals surface area contributed by atoms with Gasteiger partial charge in [-0.15, -0.1) is 0 Å². The van der Waals surface area contributed by atoms with Crippen LogP contribution in [0.2, 0.25) is 0 Å². The predicted octanol–water partition coefficient (Wildman–Crippen LogP) is 1.80. The van der Waals surface area contributed by atoms with E-state index in [0.717, 1.165) is 0 Å². The molecule has 4 nitrogen and oxygen atoms in total. The monoisotopic (exact) mass is 230 g/mol. The van der Waals surface area contributed by atoms with Crippen molar-refractivity contribution < 1.29 is 22.7 Å². The molecular weight excluding hydrogens is 225 g/mol. The molecule has 2 heterocycles. The summed E-state index contributed by atoms with van der Waals surface area (Å²) in [7, 11) is 0. The predicted molar refractivity (Wildman–Crippen MR) is 46.9 cm³/mol. The number of hydrogen-bond donors (Lipinski definition) is 0. The quantitative estimate of drug-likeness (QED) is 0.701. The lowest BCUT2D eigenvalue weighted by molar-refractivity contribution is -0.189. The lowest BCUT2D eigenvalue weighted by Crippen LogP contribution is -2.28. The normalized spacial score (nSPS) is 11.7. The van der Waals surface area contributed by atoms with Crippen molar-refractivity contribution in [3.63, 3.8) is 0 Å². The first-order chi connectivity index (χ1) is 7.47. The van der Waals surface area contributed by atoms with Crippen LogP contribution in [0, 0.1) is 0 Å². The summed E-state index contributed by atoms with van der Waals surface area (Å²) in [4.78, 5) is 14.2. The topological polar surface area (TPSA) is 43.6 Å². The van der Waals surface area contributed by atoms with Crippen LogP contribution in [0.3, 0.4) is 0 Å². The summed E-state index contributed by atoms with van der Waals surface area (Å²) in [6, 6.07) is 4.91. The van der Waals surface area contributed by atoms with Gasteiger partial charge in [0.2, 0.25) is 5.88 Å². The average Bonchev–Trinajstić information content (AvgIpc) is 2.58. The van der Waals surface area contributed by atoms with E-state index >= 15 is 0 Å². The fourth-order valence-corrected chi connectivity index (χ4v) is 1.11. The molecule has 16 heavy (non-hydrogen) atoms. The van der Waals surface area contributed by atoms with Crippen molar-refractivity contribution in [2.45, 2.75) is 6.18 Å². The van der Waals surface area contributed by atoms with Crippen molar-refractivity contribution in [3.05, 3.63) is 30.6 Å². The Morgan fingerprint density at radius 3 is 2.75 bits per heavy atom. The zero-order valence-electron chi connectivity index (χ0n) is 7.73. The van der Waals surface area contributed by atoms with E-state index in [9.17, 15) is 18.0 Å². The molecule has 0 N–H and O–H groups in total. The molecule has 2 aromatic rings. The molecule has 0 bridgehead atoms. The zero-order chi connectivity index (χ0) is 11.8. The molecule has 0 aliphatic carbocycles. The fraction of sp³-hybridized carbons (Fsp3) is 0.111. The molecule has 0 saturated heterocycles. The Morgan fingerprint density at radius 2 is 2.12 bits per heavy atom. The summed E-state index contributed by atoms with van der Waals surface area (Å²) in [5, 5.41) is 0. The molecular formula is C9H5F3N2O2. The maximum Gasteiger partial charge on any atom is 0.491 e. The van der Waals surface area contributed by atoms with Crippen molar-refractivity contribution in [2.75, 3.05) is 0 Å². The number of halogens is 3. The first-order valence-corrected chi connectivity index (χ1v) is 4.19. The number of fused-ring (bicyclic) bond motifs is 1. The second-order valence-electron chi connectivity index (χ2n) is 2.93. The number of esters is 1. The molecule has 0 atom stereocenters. The van der Waals surface area contributed by atoms with E-state index in [0.29, 0.717) is 5.65 Å². The Balaban J connectivity index is 2.25. The summed E-state index contributed by atoms with van der Waals surface area (Å²) in [6.45, 7) is 0. The van der Waals surface area contributed by atoms with Crippen LogP contribution in [0.4, 0.5) is 13.2 Å². The highest BCUT2D eigenvalue weighted by atomic mass is 19.4. The SMILES string of the molecule is O=C(Oc1cn2ccccc2n1)C(F)(F)F. The van der Waals surface area contributed by atoms with Crippen LogP contribution in [0.15, 0.2) is 30.6 Å². The van der Waals surface area contributed by atoms with Crippen LogP contribution >= 0.6 is 0 Å². The highest BCUT2D eigenvalue weighted by Gasteiger charge is 2.41. The van der Waals surface area contributed by atoms with Crippen LogP contribution in [0.5, 0.6) is 5.88 Å². The van der Waals surface area contributed by atoms with E-state index < -0.39 is 12.1 Å². The number of aromatic nitrogens is 2. The fourth-order valence-electron chi connectivity index (χ4n) is 1.11. The van der Waals surface area contributed by atoms with Crippen LogP contribution in [0.25, 0.3) is 5.65 Å². The van der Waals surface area contributed by atoms with Crippen molar-refractivity contribution >= 4 is 11.6 Å². The molecule has 0 amide bonds. The summed E-state index contributed by atoms with van der Waals surface area (Å²) >= 11 is 0. The number of carbonyl (C=O) groups is 1. The summed E-state index contributed by atoms with van der Waals surface area (Å²) in [6.07, 6.45) is -2.25. The van der Waals surface area contributed by atoms with Crippen molar-refractivity contribution in [3.8, 4) is 5.88 Å². The van der Waals surface area contributed by atoms with Crippen LogP contribution in [0.1, 0.15) is 0 Å². The van der Waals surface area contributed by atoms with Crippen LogP contribution in [-0.4, -0.2) is 21.5 Å². The van der Waals surface area contributed by atoms with Gasteiger partial charge in [0.1, 0.15) is 5.65 Å². The van der Waals surface area contributed by atoms with Crippen LogP contribution < -0.4 is 4.74 Å². The van der Waals surface area contributed by atoms with Gasteiger partial charge in [-0.3, -0.25) is 0 Å². The number of nitrogens with zero attached hydrogens (tertiary/aromatic N) is 2. The van der Waals surface area contributed by atoms with Gasteiger partial charge >= 0.3 is 12.1 Å². The summed E-state index contributed by atoms with van der Waals surface area (Å²) < 4.78 is 41.2. The molecule has 0 spiro atoms. The lowest BCUT2D eigenvalue weighted by Gasteiger charge is -2.02. The summed E-state index contributed by atoms with van der Waals surface area (Å²) in [5.41, 5.74) is 0.396. The van der Waals surface area contributed by atoms with Gasteiger partial charge in [-0.1, -0.05) is 6.07 Å². The summed E-state index contributed by atoms with van der Waals surface area (Å²) in [5.74, 6) is -2.66. The molecule has 0 aromatic carbocycles. The smallest absolute Gasteiger partial charge is 0.399 e. The maximum absolute atomic E-state index is 11.9. The van der Waals surface area contributed by atoms with E-state index in [-0.39, 0.29) is 5.88 Å². The van der Waals surface area contributed by atoms with Gasteiger partial charge < -0.3 is 9.14 Å². The van der Waals surface area contributed by atoms with Gasteiger partial charge in [-0.25, -0.2) is 4.79 Å². The molecule has 0 fully saturated rings. The minimum Gasteiger partial charge on any atom is -0.399 e. The molecule has 0 aliphatic heterocycles.